The van der Waals surface area contributed by atoms with Crippen LogP contribution in [0.25, 0.3) is 0 Å². The van der Waals surface area contributed by atoms with Gasteiger partial charge in [-0.3, -0.25) is 13.0 Å². The van der Waals surface area contributed by atoms with Gasteiger partial charge in [0, 0.05) is 44.6 Å². The topological polar surface area (TPSA) is 149 Å². The number of hydrogen-bond acceptors (Lipinski definition) is 7. The summed E-state index contributed by atoms with van der Waals surface area (Å²) in [5.74, 6) is 0.424. The standard InChI is InChI=1S/C12H28O8S4/c1-11(2,23(15,16)17)5-7-21(13)9-10-22(14)8-6-12(3,4)24(18,19)20/h15-17H,5-10H2,1-4H3,(H,18,19,20). The Labute approximate surface area is 150 Å². The Morgan fingerprint density at radius 3 is 1.33 bits per heavy atom. The molecule has 0 amide bonds. The fraction of sp³-hybridized carbons (Fsp3) is 1.00. The molecule has 0 aliphatic carbocycles. The van der Waals surface area contributed by atoms with E-state index in [1.165, 1.54) is 27.7 Å². The molecule has 148 valence electrons. The Morgan fingerprint density at radius 2 is 1.04 bits per heavy atom. The van der Waals surface area contributed by atoms with Crippen LogP contribution in [0.15, 0.2) is 0 Å². The van der Waals surface area contributed by atoms with Gasteiger partial charge in [0.25, 0.3) is 10.1 Å². The van der Waals surface area contributed by atoms with Gasteiger partial charge >= 0.3 is 0 Å². The second-order valence-corrected chi connectivity index (χ2v) is 14.3. The highest BCUT2D eigenvalue weighted by Gasteiger charge is 2.36. The third-order valence-corrected chi connectivity index (χ3v) is 10.0. The van der Waals surface area contributed by atoms with Crippen molar-refractivity contribution in [3.05, 3.63) is 0 Å². The summed E-state index contributed by atoms with van der Waals surface area (Å²) < 4.78 is 80.3. The van der Waals surface area contributed by atoms with Crippen LogP contribution in [0.5, 0.6) is 0 Å². The molecule has 0 fully saturated rings. The van der Waals surface area contributed by atoms with E-state index < -0.39 is 52.1 Å². The van der Waals surface area contributed by atoms with Crippen LogP contribution < -0.4 is 0 Å². The first-order chi connectivity index (χ1) is 10.5. The molecule has 0 aromatic rings. The van der Waals surface area contributed by atoms with Crippen molar-refractivity contribution in [3.8, 4) is 0 Å². The molecule has 12 heteroatoms. The maximum Gasteiger partial charge on any atom is 0.270 e. The van der Waals surface area contributed by atoms with Crippen LogP contribution in [0.1, 0.15) is 40.5 Å². The quantitative estimate of drug-likeness (QED) is 0.365. The van der Waals surface area contributed by atoms with Crippen molar-refractivity contribution in [2.75, 3.05) is 23.0 Å². The fourth-order valence-electron chi connectivity index (χ4n) is 1.38. The van der Waals surface area contributed by atoms with Gasteiger partial charge in [0.1, 0.15) is 0 Å². The Bertz CT molecular complexity index is 562. The molecule has 2 unspecified atom stereocenters. The smallest absolute Gasteiger partial charge is 0.270 e. The highest BCUT2D eigenvalue weighted by molar-refractivity contribution is 8.20. The molecule has 8 nitrogen and oxygen atoms in total. The second kappa shape index (κ2) is 8.89. The van der Waals surface area contributed by atoms with Crippen molar-refractivity contribution < 1.29 is 35.0 Å². The zero-order valence-electron chi connectivity index (χ0n) is 14.3. The van der Waals surface area contributed by atoms with Crippen molar-refractivity contribution >= 4 is 42.6 Å². The molecule has 0 aliphatic rings. The summed E-state index contributed by atoms with van der Waals surface area (Å²) in [5.41, 5.74) is 0. The van der Waals surface area contributed by atoms with Crippen molar-refractivity contribution in [2.45, 2.75) is 50.0 Å². The van der Waals surface area contributed by atoms with Crippen molar-refractivity contribution in [3.63, 3.8) is 0 Å². The fourth-order valence-corrected chi connectivity index (χ4v) is 5.74. The zero-order valence-corrected chi connectivity index (χ0v) is 17.6. The maximum absolute atomic E-state index is 11.9. The van der Waals surface area contributed by atoms with Crippen LogP contribution in [0.4, 0.5) is 0 Å². The molecule has 0 aliphatic heterocycles. The van der Waals surface area contributed by atoms with Gasteiger partial charge in [-0.15, -0.1) is 0 Å². The van der Waals surface area contributed by atoms with Crippen LogP contribution in [0, 0.1) is 0 Å². The molecule has 0 heterocycles. The predicted molar refractivity (Wildman–Crippen MR) is 100 cm³/mol. The van der Waals surface area contributed by atoms with Gasteiger partial charge in [0.05, 0.1) is 20.4 Å². The van der Waals surface area contributed by atoms with Crippen LogP contribution >= 0.6 is 10.9 Å². The highest BCUT2D eigenvalue weighted by atomic mass is 32.3. The summed E-state index contributed by atoms with van der Waals surface area (Å²) in [6, 6.07) is 0. The van der Waals surface area contributed by atoms with E-state index in [0.717, 1.165) is 0 Å². The van der Waals surface area contributed by atoms with Crippen LogP contribution in [-0.2, 0) is 31.7 Å². The zero-order chi connectivity index (χ0) is 19.4. The first-order valence-corrected chi connectivity index (χ1v) is 13.1. The Hall–Kier alpha value is 0.440. The molecule has 0 saturated heterocycles. The van der Waals surface area contributed by atoms with Crippen molar-refractivity contribution in [2.24, 2.45) is 0 Å². The molecule has 0 bridgehead atoms. The van der Waals surface area contributed by atoms with E-state index in [9.17, 15) is 30.5 Å². The van der Waals surface area contributed by atoms with E-state index in [1.807, 2.05) is 0 Å². The van der Waals surface area contributed by atoms with Gasteiger partial charge in [-0.05, 0) is 40.5 Å². The lowest BCUT2D eigenvalue weighted by atomic mass is 10.1. The molecule has 0 radical (unpaired) electrons. The first-order valence-electron chi connectivity index (χ1n) is 7.17. The first kappa shape index (κ1) is 24.4. The maximum atomic E-state index is 11.9. The van der Waals surface area contributed by atoms with Gasteiger partial charge in [0.2, 0.25) is 0 Å². The average molecular weight is 429 g/mol. The monoisotopic (exact) mass is 428 g/mol. The molecule has 24 heavy (non-hydrogen) atoms. The minimum Gasteiger partial charge on any atom is -0.308 e. The van der Waals surface area contributed by atoms with E-state index in [4.69, 9.17) is 4.55 Å². The lowest BCUT2D eigenvalue weighted by Crippen LogP contribution is -2.33. The summed E-state index contributed by atoms with van der Waals surface area (Å²) in [7, 11) is -10.7. The molecule has 0 spiro atoms. The minimum atomic E-state index is -4.23. The Kier molecular flexibility index (Phi) is 9.05. The molecule has 0 aromatic heterocycles. The lowest BCUT2D eigenvalue weighted by molar-refractivity contribution is 0.337. The Morgan fingerprint density at radius 1 is 0.708 bits per heavy atom. The van der Waals surface area contributed by atoms with E-state index in [1.54, 1.807) is 0 Å². The van der Waals surface area contributed by atoms with Gasteiger partial charge in [-0.25, -0.2) is 0 Å². The third-order valence-electron chi connectivity index (χ3n) is 3.84. The van der Waals surface area contributed by atoms with E-state index >= 15 is 0 Å². The summed E-state index contributed by atoms with van der Waals surface area (Å²) >= 11 is 0. The van der Waals surface area contributed by atoms with Crippen LogP contribution in [0.2, 0.25) is 0 Å². The molecule has 0 aromatic carbocycles. The van der Waals surface area contributed by atoms with E-state index in [2.05, 4.69) is 0 Å². The highest BCUT2D eigenvalue weighted by Crippen LogP contribution is 2.49. The van der Waals surface area contributed by atoms with Gasteiger partial charge in [-0.2, -0.15) is 8.42 Å². The van der Waals surface area contributed by atoms with Gasteiger partial charge in [-0.1, -0.05) is 0 Å². The predicted octanol–water partition coefficient (Wildman–Crippen LogP) is 1.93. The number of hydrogen-bond donors (Lipinski definition) is 4. The molecule has 4 N–H and O–H groups in total. The largest absolute Gasteiger partial charge is 0.308 e. The number of rotatable bonds is 11. The molecule has 0 rings (SSSR count). The van der Waals surface area contributed by atoms with E-state index in [0.29, 0.717) is 0 Å². The summed E-state index contributed by atoms with van der Waals surface area (Å²) in [6.07, 6.45) is 0.143. The van der Waals surface area contributed by atoms with Crippen molar-refractivity contribution in [1.82, 2.24) is 0 Å². The molecule has 0 saturated carbocycles. The minimum absolute atomic E-state index is 0.0174. The second-order valence-electron chi connectivity index (χ2n) is 6.71. The van der Waals surface area contributed by atoms with Crippen LogP contribution in [0.3, 0.4) is 0 Å². The third kappa shape index (κ3) is 8.21. The molecular weight excluding hydrogens is 400 g/mol. The summed E-state index contributed by atoms with van der Waals surface area (Å²) in [4.78, 5) is 0. The lowest BCUT2D eigenvalue weighted by Gasteiger charge is -2.36. The SMILES string of the molecule is CC(C)(CCS(=O)CCS(=O)CCC(C)(C)S(=O)(=O)O)S(O)(O)O. The average Bonchev–Trinajstić information content (AvgIpc) is 2.38. The molecule has 2 atom stereocenters. The van der Waals surface area contributed by atoms with Crippen LogP contribution in [-0.4, -0.2) is 67.6 Å². The normalized spacial score (nSPS) is 17.5. The molecular formula is C12H28O8S4. The van der Waals surface area contributed by atoms with E-state index in [-0.39, 0.29) is 35.9 Å². The summed E-state index contributed by atoms with van der Waals surface area (Å²) in [6.45, 7) is 5.59. The Balaban J connectivity index is 4.28. The summed E-state index contributed by atoms with van der Waals surface area (Å²) in [5, 5.41) is 0. The van der Waals surface area contributed by atoms with Gasteiger partial charge in [0.15, 0.2) is 0 Å². The van der Waals surface area contributed by atoms with Gasteiger partial charge < -0.3 is 13.7 Å². The van der Waals surface area contributed by atoms with Crippen molar-refractivity contribution in [1.29, 1.82) is 0 Å².